The van der Waals surface area contributed by atoms with Crippen molar-refractivity contribution in [2.75, 3.05) is 31.1 Å². The quantitative estimate of drug-likeness (QED) is 0.616. The molecular formula is C19H22N8S. The Morgan fingerprint density at radius 3 is 2.36 bits per heavy atom. The van der Waals surface area contributed by atoms with E-state index < -0.39 is 0 Å². The van der Waals surface area contributed by atoms with Crippen molar-refractivity contribution in [1.82, 2.24) is 34.2 Å². The minimum absolute atomic E-state index is 0.483. The molecule has 5 rings (SSSR count). The lowest BCUT2D eigenvalue weighted by Crippen LogP contribution is -2.47. The average Bonchev–Trinajstić information content (AvgIpc) is 3.54. The Hall–Kier alpha value is -2.65. The van der Waals surface area contributed by atoms with Gasteiger partial charge >= 0.3 is 0 Å². The van der Waals surface area contributed by atoms with E-state index in [1.807, 2.05) is 22.9 Å². The minimum atomic E-state index is 0.483. The monoisotopic (exact) mass is 394 g/mol. The Morgan fingerprint density at radius 1 is 0.964 bits per heavy atom. The third-order valence-corrected chi connectivity index (χ3v) is 5.67. The van der Waals surface area contributed by atoms with Crippen LogP contribution in [0.25, 0.3) is 11.4 Å². The number of nitrogens with zero attached hydrogens (tertiary/aromatic N) is 8. The molecule has 9 heteroatoms. The molecule has 144 valence electrons. The zero-order valence-corrected chi connectivity index (χ0v) is 16.4. The summed E-state index contributed by atoms with van der Waals surface area (Å²) >= 11 is 5.79. The van der Waals surface area contributed by atoms with E-state index in [0.29, 0.717) is 12.7 Å². The van der Waals surface area contributed by atoms with Gasteiger partial charge in [0, 0.05) is 62.6 Å². The largest absolute Gasteiger partial charge is 0.338 e. The Labute approximate surface area is 168 Å². The van der Waals surface area contributed by atoms with Gasteiger partial charge in [-0.2, -0.15) is 5.10 Å². The van der Waals surface area contributed by atoms with Gasteiger partial charge in [-0.15, -0.1) is 0 Å². The van der Waals surface area contributed by atoms with E-state index in [1.165, 1.54) is 12.8 Å². The zero-order chi connectivity index (χ0) is 18.9. The first-order valence-electron chi connectivity index (χ1n) is 9.63. The first-order valence-corrected chi connectivity index (χ1v) is 10.0. The van der Waals surface area contributed by atoms with Gasteiger partial charge in [0.25, 0.3) is 0 Å². The lowest BCUT2D eigenvalue weighted by molar-refractivity contribution is 0.193. The molecule has 4 heterocycles. The molecule has 0 unspecified atom stereocenters. The minimum Gasteiger partial charge on any atom is -0.338 e. The second-order valence-corrected chi connectivity index (χ2v) is 7.60. The normalized spacial score (nSPS) is 17.8. The van der Waals surface area contributed by atoms with Crippen molar-refractivity contribution in [2.24, 2.45) is 0 Å². The van der Waals surface area contributed by atoms with Gasteiger partial charge in [-0.1, -0.05) is 0 Å². The maximum Gasteiger partial charge on any atom is 0.225 e. The van der Waals surface area contributed by atoms with Crippen LogP contribution in [0.15, 0.2) is 43.0 Å². The van der Waals surface area contributed by atoms with Crippen molar-refractivity contribution in [2.45, 2.75) is 25.6 Å². The third-order valence-electron chi connectivity index (χ3n) is 5.26. The van der Waals surface area contributed by atoms with Crippen LogP contribution in [0.1, 0.15) is 18.9 Å². The summed E-state index contributed by atoms with van der Waals surface area (Å²) in [6.45, 7) is 4.37. The van der Waals surface area contributed by atoms with Gasteiger partial charge in [0.2, 0.25) is 5.95 Å². The van der Waals surface area contributed by atoms with E-state index in [1.54, 1.807) is 24.8 Å². The van der Waals surface area contributed by atoms with Crippen LogP contribution in [-0.2, 0) is 6.67 Å². The Kier molecular flexibility index (Phi) is 4.61. The standard InChI is InChI=1S/C19H22N8S/c28-19-26(14-24-10-12-25(13-11-24)18-21-6-1-7-22-18)23-17(27(19)16-2-3-16)15-4-8-20-9-5-15/h1,4-9,16H,2-3,10-14H2. The highest BCUT2D eigenvalue weighted by Gasteiger charge is 2.29. The van der Waals surface area contributed by atoms with Crippen molar-refractivity contribution in [3.8, 4) is 11.4 Å². The molecule has 0 N–H and O–H groups in total. The molecule has 1 saturated carbocycles. The molecular weight excluding hydrogens is 372 g/mol. The van der Waals surface area contributed by atoms with E-state index in [9.17, 15) is 0 Å². The molecule has 0 spiro atoms. The highest BCUT2D eigenvalue weighted by Crippen LogP contribution is 2.38. The Bertz CT molecular complexity index is 988. The summed E-state index contributed by atoms with van der Waals surface area (Å²) < 4.78 is 5.00. The number of rotatable bonds is 5. The summed E-state index contributed by atoms with van der Waals surface area (Å²) in [6, 6.07) is 6.33. The topological polar surface area (TPSA) is 67.9 Å². The van der Waals surface area contributed by atoms with Gasteiger partial charge in [0.1, 0.15) is 0 Å². The molecule has 1 saturated heterocycles. The summed E-state index contributed by atoms with van der Waals surface area (Å²) in [5.41, 5.74) is 1.07. The number of aromatic nitrogens is 6. The van der Waals surface area contributed by atoms with Gasteiger partial charge in [0.15, 0.2) is 10.6 Å². The fraction of sp³-hybridized carbons (Fsp3) is 0.421. The van der Waals surface area contributed by atoms with E-state index in [2.05, 4.69) is 29.3 Å². The maximum atomic E-state index is 5.79. The molecule has 8 nitrogen and oxygen atoms in total. The van der Waals surface area contributed by atoms with Gasteiger partial charge in [-0.3, -0.25) is 14.5 Å². The van der Waals surface area contributed by atoms with Crippen LogP contribution in [0, 0.1) is 4.77 Å². The van der Waals surface area contributed by atoms with Crippen molar-refractivity contribution in [3.63, 3.8) is 0 Å². The molecule has 28 heavy (non-hydrogen) atoms. The number of anilines is 1. The summed E-state index contributed by atoms with van der Waals surface area (Å²) in [4.78, 5) is 17.4. The molecule has 3 aromatic rings. The molecule has 0 amide bonds. The van der Waals surface area contributed by atoms with E-state index in [0.717, 1.165) is 48.3 Å². The fourth-order valence-electron chi connectivity index (χ4n) is 3.61. The average molecular weight is 395 g/mol. The van der Waals surface area contributed by atoms with Crippen LogP contribution in [0.2, 0.25) is 0 Å². The van der Waals surface area contributed by atoms with Crippen LogP contribution in [-0.4, -0.2) is 60.4 Å². The van der Waals surface area contributed by atoms with Crippen molar-refractivity contribution in [1.29, 1.82) is 0 Å². The second-order valence-electron chi connectivity index (χ2n) is 7.24. The molecule has 0 atom stereocenters. The predicted molar refractivity (Wildman–Crippen MR) is 108 cm³/mol. The SMILES string of the molecule is S=c1n(CN2CCN(c3ncccn3)CC2)nc(-c2ccncc2)n1C1CC1. The molecule has 0 aromatic carbocycles. The predicted octanol–water partition coefficient (Wildman–Crippen LogP) is 2.38. The van der Waals surface area contributed by atoms with Crippen LogP contribution in [0.5, 0.6) is 0 Å². The van der Waals surface area contributed by atoms with Gasteiger partial charge in [0.05, 0.1) is 6.67 Å². The Morgan fingerprint density at radius 2 is 1.68 bits per heavy atom. The smallest absolute Gasteiger partial charge is 0.225 e. The summed E-state index contributed by atoms with van der Waals surface area (Å²) in [5, 5.41) is 4.88. The van der Waals surface area contributed by atoms with Gasteiger partial charge in [-0.25, -0.2) is 14.6 Å². The van der Waals surface area contributed by atoms with Gasteiger partial charge in [-0.05, 0) is 43.3 Å². The fourth-order valence-corrected chi connectivity index (χ4v) is 3.94. The maximum absolute atomic E-state index is 5.79. The lowest BCUT2D eigenvalue weighted by Gasteiger charge is -2.34. The second kappa shape index (κ2) is 7.40. The molecule has 1 aliphatic carbocycles. The number of hydrogen-bond acceptors (Lipinski definition) is 7. The molecule has 0 bridgehead atoms. The highest BCUT2D eigenvalue weighted by molar-refractivity contribution is 7.71. The first kappa shape index (κ1) is 17.4. The van der Waals surface area contributed by atoms with E-state index in [-0.39, 0.29) is 0 Å². The third kappa shape index (κ3) is 3.43. The Balaban J connectivity index is 1.33. The van der Waals surface area contributed by atoms with Crippen molar-refractivity contribution >= 4 is 18.2 Å². The van der Waals surface area contributed by atoms with E-state index >= 15 is 0 Å². The summed E-state index contributed by atoms with van der Waals surface area (Å²) in [6.07, 6.45) is 9.54. The summed E-state index contributed by atoms with van der Waals surface area (Å²) in [7, 11) is 0. The van der Waals surface area contributed by atoms with Crippen molar-refractivity contribution in [3.05, 3.63) is 47.8 Å². The summed E-state index contributed by atoms with van der Waals surface area (Å²) in [5.74, 6) is 1.75. The molecule has 2 fully saturated rings. The molecule has 0 radical (unpaired) electrons. The first-order chi connectivity index (χ1) is 13.8. The van der Waals surface area contributed by atoms with E-state index in [4.69, 9.17) is 17.3 Å². The molecule has 1 aliphatic heterocycles. The van der Waals surface area contributed by atoms with Crippen molar-refractivity contribution < 1.29 is 0 Å². The number of piperazine rings is 1. The van der Waals surface area contributed by atoms with Crippen LogP contribution >= 0.6 is 12.2 Å². The van der Waals surface area contributed by atoms with Crippen LogP contribution in [0.4, 0.5) is 5.95 Å². The molecule has 3 aromatic heterocycles. The van der Waals surface area contributed by atoms with Crippen LogP contribution < -0.4 is 4.90 Å². The lowest BCUT2D eigenvalue weighted by atomic mass is 10.2. The van der Waals surface area contributed by atoms with Gasteiger partial charge < -0.3 is 4.90 Å². The van der Waals surface area contributed by atoms with Crippen LogP contribution in [0.3, 0.4) is 0 Å². The molecule has 2 aliphatic rings. The highest BCUT2D eigenvalue weighted by atomic mass is 32.1. The zero-order valence-electron chi connectivity index (χ0n) is 15.6. The number of pyridine rings is 1. The number of hydrogen-bond donors (Lipinski definition) is 0.